The number of aromatic amines is 1. The fourth-order valence-corrected chi connectivity index (χ4v) is 0.532. The van der Waals surface area contributed by atoms with E-state index in [4.69, 9.17) is 0 Å². The van der Waals surface area contributed by atoms with Crippen molar-refractivity contribution in [1.82, 2.24) is 10.2 Å². The van der Waals surface area contributed by atoms with Crippen molar-refractivity contribution in [3.63, 3.8) is 0 Å². The standard InChI is InChI=1S/C4H5N2S/c7-3-4-1-2-5-6-4/h1-2H,3H2,(H,5,6). The SMILES string of the molecule is [S]Cc1cc[nH]n1. The molecule has 0 atom stereocenters. The Labute approximate surface area is 47.3 Å². The highest BCUT2D eigenvalue weighted by Crippen LogP contribution is 1.93. The van der Waals surface area contributed by atoms with Crippen LogP contribution in [0.15, 0.2) is 12.3 Å². The highest BCUT2D eigenvalue weighted by Gasteiger charge is 1.84. The quantitative estimate of drug-likeness (QED) is 0.580. The molecule has 0 aromatic carbocycles. The zero-order valence-corrected chi connectivity index (χ0v) is 4.53. The van der Waals surface area contributed by atoms with Crippen LogP contribution in [-0.4, -0.2) is 10.2 Å². The molecule has 0 fully saturated rings. The molecule has 1 heterocycles. The van der Waals surface area contributed by atoms with Gasteiger partial charge in [0, 0.05) is 11.9 Å². The van der Waals surface area contributed by atoms with Crippen molar-refractivity contribution >= 4 is 12.6 Å². The molecular weight excluding hydrogens is 108 g/mol. The maximum atomic E-state index is 4.69. The molecule has 0 aliphatic carbocycles. The van der Waals surface area contributed by atoms with Gasteiger partial charge < -0.3 is 0 Å². The third kappa shape index (κ3) is 0.962. The van der Waals surface area contributed by atoms with Crippen LogP contribution < -0.4 is 0 Å². The summed E-state index contributed by atoms with van der Waals surface area (Å²) in [4.78, 5) is 0. The molecule has 2 nitrogen and oxygen atoms in total. The molecule has 0 unspecified atom stereocenters. The number of nitrogens with zero attached hydrogens (tertiary/aromatic N) is 1. The first-order valence-corrected chi connectivity index (χ1v) is 2.58. The van der Waals surface area contributed by atoms with Crippen molar-refractivity contribution in [2.45, 2.75) is 5.75 Å². The largest absolute Gasteiger partial charge is 0.285 e. The van der Waals surface area contributed by atoms with Crippen LogP contribution in [0.1, 0.15) is 5.69 Å². The van der Waals surface area contributed by atoms with Crippen molar-refractivity contribution in [3.05, 3.63) is 18.0 Å². The van der Waals surface area contributed by atoms with Crippen molar-refractivity contribution in [1.29, 1.82) is 0 Å². The fraction of sp³-hybridized carbons (Fsp3) is 0.250. The van der Waals surface area contributed by atoms with E-state index in [-0.39, 0.29) is 0 Å². The lowest BCUT2D eigenvalue weighted by Gasteiger charge is -1.75. The summed E-state index contributed by atoms with van der Waals surface area (Å²) in [6.07, 6.45) is 1.77. The van der Waals surface area contributed by atoms with Gasteiger partial charge in [-0.1, -0.05) is 12.6 Å². The van der Waals surface area contributed by atoms with Crippen LogP contribution in [-0.2, 0) is 5.75 Å². The van der Waals surface area contributed by atoms with Gasteiger partial charge in [-0.05, 0) is 6.07 Å². The molecule has 1 aromatic heterocycles. The molecule has 1 rings (SSSR count). The molecule has 1 radical (unpaired) electrons. The second kappa shape index (κ2) is 2.02. The number of rotatable bonds is 1. The van der Waals surface area contributed by atoms with Gasteiger partial charge in [-0.15, -0.1) is 0 Å². The molecule has 0 saturated carbocycles. The zero-order chi connectivity index (χ0) is 5.11. The Morgan fingerprint density at radius 1 is 1.86 bits per heavy atom. The predicted molar refractivity (Wildman–Crippen MR) is 29.9 cm³/mol. The first kappa shape index (κ1) is 4.71. The Morgan fingerprint density at radius 2 is 2.71 bits per heavy atom. The van der Waals surface area contributed by atoms with E-state index in [1.165, 1.54) is 0 Å². The maximum absolute atomic E-state index is 4.69. The fourth-order valence-electron chi connectivity index (χ4n) is 0.371. The van der Waals surface area contributed by atoms with Crippen LogP contribution in [0.5, 0.6) is 0 Å². The number of hydrogen-bond donors (Lipinski definition) is 1. The molecule has 0 bridgehead atoms. The average Bonchev–Trinajstić information content (AvgIpc) is 2.14. The molecule has 1 aromatic rings. The van der Waals surface area contributed by atoms with E-state index < -0.39 is 0 Å². The van der Waals surface area contributed by atoms with E-state index in [2.05, 4.69) is 22.8 Å². The summed E-state index contributed by atoms with van der Waals surface area (Å²) in [5.74, 6) is 0.601. The molecule has 0 aliphatic rings. The summed E-state index contributed by atoms with van der Waals surface area (Å²) in [5, 5.41) is 6.47. The molecule has 0 aliphatic heterocycles. The lowest BCUT2D eigenvalue weighted by atomic mass is 10.5. The molecule has 7 heavy (non-hydrogen) atoms. The Bertz CT molecular complexity index is 124. The van der Waals surface area contributed by atoms with Crippen molar-refractivity contribution in [2.75, 3.05) is 0 Å². The van der Waals surface area contributed by atoms with E-state index in [0.717, 1.165) is 5.69 Å². The molecular formula is C4H5N2S. The number of nitrogens with one attached hydrogen (secondary N) is 1. The monoisotopic (exact) mass is 113 g/mol. The van der Waals surface area contributed by atoms with Crippen molar-refractivity contribution in [3.8, 4) is 0 Å². The summed E-state index contributed by atoms with van der Waals surface area (Å²) in [6.45, 7) is 0. The van der Waals surface area contributed by atoms with Gasteiger partial charge in [0.1, 0.15) is 0 Å². The second-order valence-electron chi connectivity index (χ2n) is 1.21. The van der Waals surface area contributed by atoms with Crippen LogP contribution >= 0.6 is 12.6 Å². The average molecular weight is 113 g/mol. The van der Waals surface area contributed by atoms with Gasteiger partial charge in [-0.3, -0.25) is 5.10 Å². The first-order valence-electron chi connectivity index (χ1n) is 2.00. The summed E-state index contributed by atoms with van der Waals surface area (Å²) < 4.78 is 0. The van der Waals surface area contributed by atoms with E-state index in [9.17, 15) is 0 Å². The van der Waals surface area contributed by atoms with Crippen LogP contribution in [0.4, 0.5) is 0 Å². The second-order valence-corrected chi connectivity index (χ2v) is 1.50. The number of aromatic nitrogens is 2. The van der Waals surface area contributed by atoms with Gasteiger partial charge in [0.25, 0.3) is 0 Å². The van der Waals surface area contributed by atoms with Crippen molar-refractivity contribution in [2.24, 2.45) is 0 Å². The van der Waals surface area contributed by atoms with Crippen LogP contribution in [0.2, 0.25) is 0 Å². The highest BCUT2D eigenvalue weighted by atomic mass is 32.1. The van der Waals surface area contributed by atoms with Gasteiger partial charge in [-0.25, -0.2) is 0 Å². The lowest BCUT2D eigenvalue weighted by Crippen LogP contribution is -1.73. The third-order valence-electron chi connectivity index (χ3n) is 0.706. The minimum absolute atomic E-state index is 0.601. The first-order chi connectivity index (χ1) is 3.43. The Morgan fingerprint density at radius 3 is 3.00 bits per heavy atom. The van der Waals surface area contributed by atoms with Gasteiger partial charge in [0.15, 0.2) is 0 Å². The minimum atomic E-state index is 0.601. The Kier molecular flexibility index (Phi) is 1.36. The van der Waals surface area contributed by atoms with Gasteiger partial charge in [0.2, 0.25) is 0 Å². The van der Waals surface area contributed by atoms with Gasteiger partial charge >= 0.3 is 0 Å². The molecule has 0 saturated heterocycles. The molecule has 37 valence electrons. The van der Waals surface area contributed by atoms with Gasteiger partial charge in [-0.2, -0.15) is 5.10 Å². The van der Waals surface area contributed by atoms with E-state index in [1.807, 2.05) is 6.07 Å². The Balaban J connectivity index is 2.76. The Hall–Kier alpha value is -0.440. The van der Waals surface area contributed by atoms with E-state index in [1.54, 1.807) is 6.20 Å². The lowest BCUT2D eigenvalue weighted by molar-refractivity contribution is 1.04. The third-order valence-corrected chi connectivity index (χ3v) is 1.00. The molecule has 3 heteroatoms. The number of H-pyrrole nitrogens is 1. The maximum Gasteiger partial charge on any atom is 0.0729 e. The summed E-state index contributed by atoms with van der Waals surface area (Å²) in [6, 6.07) is 1.87. The normalized spacial score (nSPS) is 9.29. The van der Waals surface area contributed by atoms with Crippen LogP contribution in [0.3, 0.4) is 0 Å². The van der Waals surface area contributed by atoms with Gasteiger partial charge in [0.05, 0.1) is 5.69 Å². The summed E-state index contributed by atoms with van der Waals surface area (Å²) in [7, 11) is 0. The molecule has 1 N–H and O–H groups in total. The topological polar surface area (TPSA) is 28.7 Å². The molecule has 0 spiro atoms. The summed E-state index contributed by atoms with van der Waals surface area (Å²) in [5.41, 5.74) is 0.940. The molecule has 0 amide bonds. The smallest absolute Gasteiger partial charge is 0.0729 e. The number of hydrogen-bond acceptors (Lipinski definition) is 1. The van der Waals surface area contributed by atoms with E-state index >= 15 is 0 Å². The highest BCUT2D eigenvalue weighted by molar-refractivity contribution is 7.79. The van der Waals surface area contributed by atoms with Crippen molar-refractivity contribution < 1.29 is 0 Å². The predicted octanol–water partition coefficient (Wildman–Crippen LogP) is 1.11. The van der Waals surface area contributed by atoms with Crippen LogP contribution in [0.25, 0.3) is 0 Å². The van der Waals surface area contributed by atoms with E-state index in [0.29, 0.717) is 5.75 Å². The zero-order valence-electron chi connectivity index (χ0n) is 3.72. The minimum Gasteiger partial charge on any atom is -0.285 e. The van der Waals surface area contributed by atoms with Crippen LogP contribution in [0, 0.1) is 0 Å². The summed E-state index contributed by atoms with van der Waals surface area (Å²) >= 11 is 4.69.